The molecule has 1 aromatic heterocycles. The van der Waals surface area contributed by atoms with Gasteiger partial charge in [0.1, 0.15) is 11.5 Å². The van der Waals surface area contributed by atoms with Crippen molar-refractivity contribution in [3.63, 3.8) is 0 Å². The maximum Gasteiger partial charge on any atom is 0.435 e. The summed E-state index contributed by atoms with van der Waals surface area (Å²) in [6, 6.07) is 0.176. The first-order valence-electron chi connectivity index (χ1n) is 3.54. The van der Waals surface area contributed by atoms with Gasteiger partial charge < -0.3 is 5.73 Å². The van der Waals surface area contributed by atoms with E-state index in [2.05, 4.69) is 4.98 Å². The molecule has 1 heterocycles. The Hall–Kier alpha value is -1.47. The molecule has 0 unspecified atom stereocenters. The molecule has 0 radical (unpaired) electrons. The van der Waals surface area contributed by atoms with Crippen molar-refractivity contribution in [2.45, 2.75) is 12.6 Å². The molecule has 0 saturated heterocycles. The van der Waals surface area contributed by atoms with Crippen LogP contribution in [0.15, 0.2) is 6.07 Å². The van der Waals surface area contributed by atoms with E-state index < -0.39 is 35.5 Å². The highest BCUT2D eigenvalue weighted by atomic mass is 19.4. The smallest absolute Gasteiger partial charge is 0.395 e. The van der Waals surface area contributed by atoms with E-state index in [-0.39, 0.29) is 6.07 Å². The lowest BCUT2D eigenvalue weighted by molar-refractivity contribution is -0.140. The Bertz CT molecular complexity index is 372. The number of anilines is 1. The highest BCUT2D eigenvalue weighted by molar-refractivity contribution is 5.46. The van der Waals surface area contributed by atoms with Gasteiger partial charge >= 0.3 is 6.18 Å². The van der Waals surface area contributed by atoms with Crippen LogP contribution in [0.4, 0.5) is 32.0 Å². The lowest BCUT2D eigenvalue weighted by atomic mass is 10.2. The first-order valence-corrected chi connectivity index (χ1v) is 3.54. The van der Waals surface area contributed by atoms with E-state index in [0.29, 0.717) is 0 Å². The van der Waals surface area contributed by atoms with Gasteiger partial charge in [0.15, 0.2) is 5.69 Å². The number of hydrogen-bond donors (Lipinski definition) is 1. The van der Waals surface area contributed by atoms with Crippen molar-refractivity contribution in [3.8, 4) is 0 Å². The average molecular weight is 230 g/mol. The van der Waals surface area contributed by atoms with Gasteiger partial charge in [-0.1, -0.05) is 0 Å². The molecule has 2 N–H and O–H groups in total. The molecule has 2 nitrogen and oxygen atoms in total. The third-order valence-corrected chi connectivity index (χ3v) is 1.52. The lowest BCUT2D eigenvalue weighted by Gasteiger charge is -2.11. The van der Waals surface area contributed by atoms with Crippen molar-refractivity contribution in [1.29, 1.82) is 0 Å². The van der Waals surface area contributed by atoms with Crippen LogP contribution in [0, 0.1) is 5.82 Å². The molecule has 0 aromatic carbocycles. The maximum absolute atomic E-state index is 12.7. The molecule has 0 saturated carbocycles. The number of hydrogen-bond acceptors (Lipinski definition) is 2. The third kappa shape index (κ3) is 2.31. The van der Waals surface area contributed by atoms with Gasteiger partial charge in [-0.2, -0.15) is 13.2 Å². The largest absolute Gasteiger partial charge is 0.435 e. The van der Waals surface area contributed by atoms with Crippen LogP contribution >= 0.6 is 0 Å². The molecule has 0 spiro atoms. The fourth-order valence-corrected chi connectivity index (χ4v) is 0.870. The lowest BCUT2D eigenvalue weighted by Crippen LogP contribution is -2.14. The predicted octanol–water partition coefficient (Wildman–Crippen LogP) is 2.76. The minimum Gasteiger partial charge on any atom is -0.395 e. The van der Waals surface area contributed by atoms with Crippen LogP contribution in [0.2, 0.25) is 0 Å². The van der Waals surface area contributed by atoms with Crippen molar-refractivity contribution < 1.29 is 26.3 Å². The molecule has 1 aromatic rings. The van der Waals surface area contributed by atoms with Crippen molar-refractivity contribution in [3.05, 3.63) is 23.3 Å². The molecule has 0 aliphatic rings. The Labute approximate surface area is 79.7 Å². The molecule has 0 aliphatic heterocycles. The Morgan fingerprint density at radius 1 is 1.27 bits per heavy atom. The fourth-order valence-electron chi connectivity index (χ4n) is 0.870. The molecule has 0 atom stereocenters. The molecule has 0 fully saturated rings. The van der Waals surface area contributed by atoms with E-state index >= 15 is 0 Å². The second kappa shape index (κ2) is 3.59. The van der Waals surface area contributed by atoms with E-state index in [4.69, 9.17) is 5.73 Å². The van der Waals surface area contributed by atoms with Gasteiger partial charge in [0.25, 0.3) is 6.43 Å². The zero-order valence-electron chi connectivity index (χ0n) is 6.95. The van der Waals surface area contributed by atoms with Gasteiger partial charge in [0, 0.05) is 6.07 Å². The quantitative estimate of drug-likeness (QED) is 0.753. The average Bonchev–Trinajstić information content (AvgIpc) is 2.06. The summed E-state index contributed by atoms with van der Waals surface area (Å²) in [6.45, 7) is 0. The van der Waals surface area contributed by atoms with Crippen molar-refractivity contribution in [2.24, 2.45) is 0 Å². The summed E-state index contributed by atoms with van der Waals surface area (Å²) in [5.74, 6) is -1.56. The van der Waals surface area contributed by atoms with Gasteiger partial charge in [-0.3, -0.25) is 0 Å². The second-order valence-electron chi connectivity index (χ2n) is 2.59. The van der Waals surface area contributed by atoms with Crippen molar-refractivity contribution in [2.75, 3.05) is 5.73 Å². The zero-order chi connectivity index (χ0) is 11.8. The Morgan fingerprint density at radius 3 is 2.20 bits per heavy atom. The monoisotopic (exact) mass is 230 g/mol. The first-order chi connectivity index (χ1) is 6.73. The minimum absolute atomic E-state index is 0.176. The van der Waals surface area contributed by atoms with Gasteiger partial charge in [-0.05, 0) is 0 Å². The molecule has 0 amide bonds. The molecular weight excluding hydrogens is 226 g/mol. The molecule has 0 aliphatic carbocycles. The van der Waals surface area contributed by atoms with Crippen LogP contribution in [-0.4, -0.2) is 4.98 Å². The van der Waals surface area contributed by atoms with E-state index in [0.717, 1.165) is 0 Å². The normalized spacial score (nSPS) is 12.2. The van der Waals surface area contributed by atoms with Crippen LogP contribution in [-0.2, 0) is 6.18 Å². The predicted molar refractivity (Wildman–Crippen MR) is 38.6 cm³/mol. The fraction of sp³-hybridized carbons (Fsp3) is 0.286. The number of halogens is 6. The molecule has 84 valence electrons. The Balaban J connectivity index is 3.38. The van der Waals surface area contributed by atoms with E-state index in [1.807, 2.05) is 0 Å². The summed E-state index contributed by atoms with van der Waals surface area (Å²) in [4.78, 5) is 2.56. The van der Waals surface area contributed by atoms with Gasteiger partial charge in [-0.15, -0.1) is 0 Å². The molecule has 8 heteroatoms. The summed E-state index contributed by atoms with van der Waals surface area (Å²) in [5, 5.41) is 0. The summed E-state index contributed by atoms with van der Waals surface area (Å²) in [7, 11) is 0. The molecular formula is C7H4F6N2. The topological polar surface area (TPSA) is 38.9 Å². The van der Waals surface area contributed by atoms with Crippen LogP contribution in [0.5, 0.6) is 0 Å². The van der Waals surface area contributed by atoms with Crippen LogP contribution in [0.3, 0.4) is 0 Å². The molecule has 1 rings (SSSR count). The van der Waals surface area contributed by atoms with E-state index in [1.165, 1.54) is 0 Å². The Kier molecular flexibility index (Phi) is 2.78. The maximum atomic E-state index is 12.7. The van der Waals surface area contributed by atoms with E-state index in [1.54, 1.807) is 0 Å². The number of nitrogens with two attached hydrogens (primary N) is 1. The SMILES string of the molecule is Nc1c(F)cc(C(F)F)nc1C(F)(F)F. The van der Waals surface area contributed by atoms with Crippen LogP contribution in [0.1, 0.15) is 17.8 Å². The van der Waals surface area contributed by atoms with Gasteiger partial charge in [0.05, 0.1) is 5.69 Å². The van der Waals surface area contributed by atoms with Crippen molar-refractivity contribution in [1.82, 2.24) is 4.98 Å². The number of rotatable bonds is 1. The Morgan fingerprint density at radius 2 is 1.80 bits per heavy atom. The molecule has 0 bridgehead atoms. The van der Waals surface area contributed by atoms with Gasteiger partial charge in [-0.25, -0.2) is 18.2 Å². The summed E-state index contributed by atoms with van der Waals surface area (Å²) >= 11 is 0. The third-order valence-electron chi connectivity index (χ3n) is 1.52. The second-order valence-corrected chi connectivity index (χ2v) is 2.59. The number of pyridine rings is 1. The number of nitrogen functional groups attached to an aromatic ring is 1. The summed E-state index contributed by atoms with van der Waals surface area (Å²) in [5.41, 5.74) is 0.318. The zero-order valence-corrected chi connectivity index (χ0v) is 6.95. The summed E-state index contributed by atoms with van der Waals surface area (Å²) in [6.07, 6.45) is -8.35. The van der Waals surface area contributed by atoms with Gasteiger partial charge in [0.2, 0.25) is 0 Å². The standard InChI is InChI=1S/C7H4F6N2/c8-2-1-3(6(9)10)15-5(4(2)14)7(11,12)13/h1,6H,14H2. The highest BCUT2D eigenvalue weighted by Crippen LogP contribution is 2.34. The van der Waals surface area contributed by atoms with E-state index in [9.17, 15) is 26.3 Å². The number of alkyl halides is 5. The number of nitrogens with zero attached hydrogens (tertiary/aromatic N) is 1. The summed E-state index contributed by atoms with van der Waals surface area (Å²) < 4.78 is 73.1. The minimum atomic E-state index is -5.06. The molecule has 15 heavy (non-hydrogen) atoms. The first kappa shape index (κ1) is 11.6. The number of aromatic nitrogens is 1. The van der Waals surface area contributed by atoms with Crippen LogP contribution in [0.25, 0.3) is 0 Å². The highest BCUT2D eigenvalue weighted by Gasteiger charge is 2.37. The van der Waals surface area contributed by atoms with Crippen molar-refractivity contribution >= 4 is 5.69 Å². The van der Waals surface area contributed by atoms with Crippen LogP contribution < -0.4 is 5.73 Å².